The van der Waals surface area contributed by atoms with E-state index in [1.807, 2.05) is 36.4 Å². The number of nitrogen functional groups attached to an aromatic ring is 1. The minimum atomic E-state index is -0.252. The molecule has 13 heteroatoms. The maximum absolute atomic E-state index is 13.9. The molecule has 1 amide bonds. The molecule has 0 bridgehead atoms. The molecule has 0 radical (unpaired) electrons. The standard InChI is InChI=1S/C34H36ClN7O5/c1-44-27-8-6-5-7-26(27)41-13-11-40(12-14-41)20-42-25-10-9-23(35)18-24(25)30(33(42)43)38-34-37-19-22(32(36)39-34)15-21-16-28(45-2)31(47-4)29(17-21)46-3/h5-10,16-19H,11-15,20H2,1-4H3,(H2,36,37,39)/b38-30-. The number of nitrogens with two attached hydrogens (primary N) is 1. The third kappa shape index (κ3) is 6.47. The molecule has 1 fully saturated rings. The van der Waals surface area contributed by atoms with Crippen LogP contribution in [-0.4, -0.2) is 87.8 Å². The highest BCUT2D eigenvalue weighted by Crippen LogP contribution is 2.39. The molecule has 6 rings (SSSR count). The van der Waals surface area contributed by atoms with Gasteiger partial charge in [0.25, 0.3) is 11.9 Å². The summed E-state index contributed by atoms with van der Waals surface area (Å²) in [7, 11) is 6.36. The quantitative estimate of drug-likeness (QED) is 0.259. The highest BCUT2D eigenvalue weighted by molar-refractivity contribution is 6.55. The predicted octanol–water partition coefficient (Wildman–Crippen LogP) is 4.58. The number of methoxy groups -OCH3 is 4. The number of nitrogens with zero attached hydrogens (tertiary/aromatic N) is 6. The van der Waals surface area contributed by atoms with Gasteiger partial charge in [0.05, 0.1) is 46.5 Å². The number of aromatic nitrogens is 2. The van der Waals surface area contributed by atoms with E-state index in [0.717, 1.165) is 48.9 Å². The lowest BCUT2D eigenvalue weighted by atomic mass is 10.1. The number of aliphatic imine (C=N–C) groups is 1. The highest BCUT2D eigenvalue weighted by atomic mass is 35.5. The average Bonchev–Trinajstić information content (AvgIpc) is 3.34. The molecule has 1 saturated heterocycles. The maximum atomic E-state index is 13.9. The van der Waals surface area contributed by atoms with E-state index >= 15 is 0 Å². The summed E-state index contributed by atoms with van der Waals surface area (Å²) < 4.78 is 21.9. The first kappa shape index (κ1) is 31.9. The molecular weight excluding hydrogens is 622 g/mol. The number of amides is 1. The molecule has 0 saturated carbocycles. The van der Waals surface area contributed by atoms with E-state index < -0.39 is 0 Å². The molecule has 0 aliphatic carbocycles. The normalized spacial score (nSPS) is 15.6. The fourth-order valence-corrected chi connectivity index (χ4v) is 6.09. The fourth-order valence-electron chi connectivity index (χ4n) is 5.91. The van der Waals surface area contributed by atoms with Crippen molar-refractivity contribution in [3.05, 3.63) is 82.5 Å². The van der Waals surface area contributed by atoms with Crippen molar-refractivity contribution >= 4 is 46.4 Å². The number of anilines is 3. The third-order valence-electron chi connectivity index (χ3n) is 8.31. The van der Waals surface area contributed by atoms with Gasteiger partial charge in [-0.2, -0.15) is 4.98 Å². The van der Waals surface area contributed by atoms with Crippen LogP contribution in [-0.2, 0) is 11.2 Å². The van der Waals surface area contributed by atoms with Crippen LogP contribution in [0.4, 0.5) is 23.1 Å². The zero-order chi connectivity index (χ0) is 33.1. The molecule has 0 atom stereocenters. The molecule has 2 aliphatic heterocycles. The number of carbonyl (C=O) groups excluding carboxylic acids is 1. The van der Waals surface area contributed by atoms with Gasteiger partial charge in [-0.1, -0.05) is 23.7 Å². The lowest BCUT2D eigenvalue weighted by Crippen LogP contribution is -2.51. The van der Waals surface area contributed by atoms with Crippen molar-refractivity contribution in [1.82, 2.24) is 14.9 Å². The first-order valence-corrected chi connectivity index (χ1v) is 15.4. The number of rotatable bonds is 10. The number of hydrogen-bond donors (Lipinski definition) is 1. The van der Waals surface area contributed by atoms with Crippen LogP contribution in [0, 0.1) is 0 Å². The Morgan fingerprint density at radius 3 is 2.23 bits per heavy atom. The zero-order valence-corrected chi connectivity index (χ0v) is 27.5. The maximum Gasteiger partial charge on any atom is 0.278 e. The third-order valence-corrected chi connectivity index (χ3v) is 8.54. The Bertz CT molecular complexity index is 1800. The van der Waals surface area contributed by atoms with Gasteiger partial charge >= 0.3 is 0 Å². The van der Waals surface area contributed by atoms with Gasteiger partial charge in [0, 0.05) is 54.9 Å². The SMILES string of the molecule is COc1ccccc1N1CCN(CN2C(=O)/C(=N\c3ncc(Cc4cc(OC)c(OC)c(OC)c4)c(N)n3)c3cc(Cl)ccc32)CC1. The summed E-state index contributed by atoms with van der Waals surface area (Å²) in [6.07, 6.45) is 2.02. The van der Waals surface area contributed by atoms with Crippen molar-refractivity contribution in [1.29, 1.82) is 0 Å². The fraction of sp³-hybridized carbons (Fsp3) is 0.294. The monoisotopic (exact) mass is 657 g/mol. The molecule has 2 aliphatic rings. The number of piperazine rings is 1. The van der Waals surface area contributed by atoms with Crippen LogP contribution in [0.3, 0.4) is 0 Å². The second-order valence-corrected chi connectivity index (χ2v) is 11.5. The van der Waals surface area contributed by atoms with Gasteiger partial charge in [0.1, 0.15) is 17.3 Å². The first-order valence-electron chi connectivity index (χ1n) is 15.0. The summed E-state index contributed by atoms with van der Waals surface area (Å²) in [6.45, 7) is 3.54. The van der Waals surface area contributed by atoms with E-state index in [-0.39, 0.29) is 23.4 Å². The first-order chi connectivity index (χ1) is 22.8. The van der Waals surface area contributed by atoms with E-state index in [1.54, 1.807) is 51.7 Å². The molecule has 244 valence electrons. The molecule has 4 aromatic rings. The van der Waals surface area contributed by atoms with Crippen LogP contribution in [0.15, 0.2) is 65.8 Å². The number of ether oxygens (including phenoxy) is 4. The van der Waals surface area contributed by atoms with Crippen molar-refractivity contribution in [3.8, 4) is 23.0 Å². The molecule has 12 nitrogen and oxygen atoms in total. The Morgan fingerprint density at radius 1 is 0.872 bits per heavy atom. The minimum Gasteiger partial charge on any atom is -0.495 e. The highest BCUT2D eigenvalue weighted by Gasteiger charge is 2.36. The second kappa shape index (κ2) is 13.7. The Kier molecular flexibility index (Phi) is 9.32. The van der Waals surface area contributed by atoms with Crippen molar-refractivity contribution in [2.45, 2.75) is 6.42 Å². The molecule has 1 aromatic heterocycles. The number of benzene rings is 3. The molecule has 2 N–H and O–H groups in total. The van der Waals surface area contributed by atoms with Crippen molar-refractivity contribution in [2.75, 3.05) is 76.8 Å². The molecule has 3 aromatic carbocycles. The van der Waals surface area contributed by atoms with Crippen molar-refractivity contribution in [3.63, 3.8) is 0 Å². The summed E-state index contributed by atoms with van der Waals surface area (Å²) in [5.41, 5.74) is 10.6. The molecule has 47 heavy (non-hydrogen) atoms. The van der Waals surface area contributed by atoms with E-state index in [0.29, 0.717) is 46.5 Å². The van der Waals surface area contributed by atoms with Gasteiger partial charge in [-0.25, -0.2) is 9.98 Å². The number of halogens is 1. The van der Waals surface area contributed by atoms with Crippen LogP contribution >= 0.6 is 11.6 Å². The van der Waals surface area contributed by atoms with E-state index in [9.17, 15) is 4.79 Å². The smallest absolute Gasteiger partial charge is 0.278 e. The number of fused-ring (bicyclic) bond motifs is 1. The number of para-hydroxylation sites is 2. The lowest BCUT2D eigenvalue weighted by Gasteiger charge is -2.38. The van der Waals surface area contributed by atoms with Crippen LogP contribution in [0.25, 0.3) is 0 Å². The molecular formula is C34H36ClN7O5. The van der Waals surface area contributed by atoms with Gasteiger partial charge in [0.2, 0.25) is 5.75 Å². The van der Waals surface area contributed by atoms with E-state index in [2.05, 4.69) is 30.8 Å². The average molecular weight is 658 g/mol. The van der Waals surface area contributed by atoms with Crippen molar-refractivity contribution in [2.24, 2.45) is 4.99 Å². The van der Waals surface area contributed by atoms with E-state index in [1.165, 1.54) is 0 Å². The summed E-state index contributed by atoms with van der Waals surface area (Å²) in [4.78, 5) is 33.6. The van der Waals surface area contributed by atoms with Gasteiger partial charge in [-0.3, -0.25) is 14.6 Å². The Hall–Kier alpha value is -5.07. The summed E-state index contributed by atoms with van der Waals surface area (Å²) >= 11 is 6.38. The summed E-state index contributed by atoms with van der Waals surface area (Å²) in [6, 6.07) is 17.1. The minimum absolute atomic E-state index is 0.0812. The molecule has 0 spiro atoms. The largest absolute Gasteiger partial charge is 0.495 e. The van der Waals surface area contributed by atoms with Gasteiger partial charge in [0.15, 0.2) is 11.5 Å². The number of carbonyl (C=O) groups is 1. The van der Waals surface area contributed by atoms with Gasteiger partial charge in [-0.15, -0.1) is 0 Å². The lowest BCUT2D eigenvalue weighted by molar-refractivity contribution is -0.112. The van der Waals surface area contributed by atoms with E-state index in [4.69, 9.17) is 36.3 Å². The zero-order valence-electron chi connectivity index (χ0n) is 26.7. The number of hydrogen-bond acceptors (Lipinski definition) is 11. The summed E-state index contributed by atoms with van der Waals surface area (Å²) in [5.74, 6) is 2.48. The van der Waals surface area contributed by atoms with Crippen molar-refractivity contribution < 1.29 is 23.7 Å². The van der Waals surface area contributed by atoms with Crippen LogP contribution < -0.4 is 34.5 Å². The molecule has 0 unspecified atom stereocenters. The van der Waals surface area contributed by atoms with Gasteiger partial charge in [-0.05, 0) is 48.0 Å². The van der Waals surface area contributed by atoms with Crippen LogP contribution in [0.5, 0.6) is 23.0 Å². The Balaban J connectivity index is 1.20. The Morgan fingerprint density at radius 2 is 1.57 bits per heavy atom. The van der Waals surface area contributed by atoms with Crippen LogP contribution in [0.1, 0.15) is 16.7 Å². The topological polar surface area (TPSA) is 128 Å². The molecule has 3 heterocycles. The Labute approximate surface area is 278 Å². The summed E-state index contributed by atoms with van der Waals surface area (Å²) in [5, 5.41) is 0.498. The van der Waals surface area contributed by atoms with Crippen LogP contribution in [0.2, 0.25) is 5.02 Å². The predicted molar refractivity (Wildman–Crippen MR) is 182 cm³/mol. The second-order valence-electron chi connectivity index (χ2n) is 11.1. The van der Waals surface area contributed by atoms with Gasteiger partial charge < -0.3 is 29.6 Å².